The Morgan fingerprint density at radius 2 is 2.23 bits per heavy atom. The van der Waals surface area contributed by atoms with Gasteiger partial charge in [-0.15, -0.1) is 0 Å². The third kappa shape index (κ3) is 3.41. The van der Waals surface area contributed by atoms with Gasteiger partial charge in [0.1, 0.15) is 5.82 Å². The van der Waals surface area contributed by atoms with Crippen LogP contribution in [0.2, 0.25) is 0 Å². The molecular weight excluding hydrogens is 335 g/mol. The van der Waals surface area contributed by atoms with E-state index in [-0.39, 0.29) is 29.6 Å². The Kier molecular flexibility index (Phi) is 5.21. The molecule has 0 unspecified atom stereocenters. The van der Waals surface area contributed by atoms with Crippen LogP contribution in [0, 0.1) is 24.6 Å². The average molecular weight is 362 g/mol. The number of halogens is 1. The Labute approximate surface area is 153 Å². The summed E-state index contributed by atoms with van der Waals surface area (Å²) in [5.41, 5.74) is 1.77. The van der Waals surface area contributed by atoms with E-state index in [0.29, 0.717) is 31.0 Å². The van der Waals surface area contributed by atoms with Crippen LogP contribution >= 0.6 is 0 Å². The Morgan fingerprint density at radius 1 is 1.46 bits per heavy atom. The Bertz CT molecular complexity index is 708. The molecule has 5 nitrogen and oxygen atoms in total. The van der Waals surface area contributed by atoms with Crippen molar-refractivity contribution in [1.29, 1.82) is 0 Å². The number of carbonyl (C=O) groups is 2. The van der Waals surface area contributed by atoms with Crippen LogP contribution in [0.4, 0.5) is 9.18 Å². The molecule has 1 saturated heterocycles. The molecule has 1 N–H and O–H groups in total. The Morgan fingerprint density at radius 3 is 2.85 bits per heavy atom. The molecule has 1 aromatic rings. The number of ether oxygens (including phenoxy) is 1. The monoisotopic (exact) mass is 362 g/mol. The lowest BCUT2D eigenvalue weighted by Gasteiger charge is -2.34. The molecule has 0 aromatic heterocycles. The first-order valence-corrected chi connectivity index (χ1v) is 9.28. The molecular formula is C20H27FN2O3. The molecule has 0 radical (unpaired) electrons. The minimum atomic E-state index is -0.516. The normalized spacial score (nSPS) is 25.2. The van der Waals surface area contributed by atoms with E-state index in [4.69, 9.17) is 0 Å². The van der Waals surface area contributed by atoms with Gasteiger partial charge in [-0.05, 0) is 49.3 Å². The quantitative estimate of drug-likeness (QED) is 0.876. The van der Waals surface area contributed by atoms with Gasteiger partial charge in [0.15, 0.2) is 0 Å². The van der Waals surface area contributed by atoms with Gasteiger partial charge in [0.05, 0.1) is 13.0 Å². The fourth-order valence-corrected chi connectivity index (χ4v) is 4.16. The van der Waals surface area contributed by atoms with Crippen molar-refractivity contribution in [2.75, 3.05) is 26.7 Å². The van der Waals surface area contributed by atoms with E-state index in [2.05, 4.69) is 10.1 Å². The molecule has 2 aliphatic rings. The summed E-state index contributed by atoms with van der Waals surface area (Å²) in [5, 5.41) is 2.62. The van der Waals surface area contributed by atoms with Crippen molar-refractivity contribution in [3.05, 3.63) is 35.1 Å². The van der Waals surface area contributed by atoms with Gasteiger partial charge in [0.2, 0.25) is 5.91 Å². The lowest BCUT2D eigenvalue weighted by molar-refractivity contribution is -0.136. The molecule has 3 atom stereocenters. The fraction of sp³-hybridized carbons (Fsp3) is 0.600. The number of piperidine rings is 1. The van der Waals surface area contributed by atoms with Crippen LogP contribution in [0.15, 0.2) is 18.2 Å². The maximum absolute atomic E-state index is 13.9. The second-order valence-corrected chi connectivity index (χ2v) is 7.53. The second-order valence-electron chi connectivity index (χ2n) is 7.53. The van der Waals surface area contributed by atoms with Crippen molar-refractivity contribution in [3.8, 4) is 0 Å². The van der Waals surface area contributed by atoms with E-state index in [9.17, 15) is 14.0 Å². The highest BCUT2D eigenvalue weighted by atomic mass is 19.1. The SMILES string of the molecule is CC[C@H](CNC(=O)OC)C(=O)N1CC[C@@]2(c3ccc(C)c(F)c3)C[C@H]2C1. The number of hydrogen-bond acceptors (Lipinski definition) is 3. The predicted molar refractivity (Wildman–Crippen MR) is 96.3 cm³/mol. The Balaban J connectivity index is 1.62. The summed E-state index contributed by atoms with van der Waals surface area (Å²) in [6.45, 7) is 5.40. The summed E-state index contributed by atoms with van der Waals surface area (Å²) in [6.07, 6.45) is 2.03. The van der Waals surface area contributed by atoms with Crippen molar-refractivity contribution in [3.63, 3.8) is 0 Å². The standard InChI is InChI=1S/C20H27FN2O3/c1-4-14(11-22-19(25)26-3)18(24)23-8-7-20(10-16(20)12-23)15-6-5-13(2)17(21)9-15/h5-6,9,14,16H,4,7-8,10-12H2,1-3H3,(H,22,25)/t14-,16+,20+/m1/s1. The third-order valence-electron chi connectivity index (χ3n) is 6.08. The number of nitrogens with zero attached hydrogens (tertiary/aromatic N) is 1. The van der Waals surface area contributed by atoms with E-state index in [1.165, 1.54) is 7.11 Å². The van der Waals surface area contributed by atoms with Crippen LogP contribution in [-0.2, 0) is 14.9 Å². The van der Waals surface area contributed by atoms with Crippen molar-refractivity contribution < 1.29 is 18.7 Å². The molecule has 1 aromatic carbocycles. The zero-order valence-corrected chi connectivity index (χ0v) is 15.7. The van der Waals surface area contributed by atoms with Gasteiger partial charge < -0.3 is 15.0 Å². The molecule has 26 heavy (non-hydrogen) atoms. The highest BCUT2D eigenvalue weighted by molar-refractivity contribution is 5.80. The second kappa shape index (κ2) is 7.25. The van der Waals surface area contributed by atoms with Crippen LogP contribution in [0.3, 0.4) is 0 Å². The van der Waals surface area contributed by atoms with Crippen LogP contribution in [-0.4, -0.2) is 43.6 Å². The van der Waals surface area contributed by atoms with Gasteiger partial charge in [0.25, 0.3) is 0 Å². The van der Waals surface area contributed by atoms with E-state index < -0.39 is 6.09 Å². The molecule has 2 fully saturated rings. The molecule has 2 amide bonds. The first-order valence-electron chi connectivity index (χ1n) is 9.28. The molecule has 0 bridgehead atoms. The highest BCUT2D eigenvalue weighted by Crippen LogP contribution is 2.59. The maximum atomic E-state index is 13.9. The number of amides is 2. The van der Waals surface area contributed by atoms with E-state index >= 15 is 0 Å². The number of methoxy groups -OCH3 is 1. The molecule has 1 saturated carbocycles. The predicted octanol–water partition coefficient (Wildman–Crippen LogP) is 3.01. The van der Waals surface area contributed by atoms with Crippen molar-refractivity contribution in [1.82, 2.24) is 10.2 Å². The topological polar surface area (TPSA) is 58.6 Å². The van der Waals surface area contributed by atoms with E-state index in [1.54, 1.807) is 13.0 Å². The van der Waals surface area contributed by atoms with Gasteiger partial charge in [-0.1, -0.05) is 19.1 Å². The number of benzene rings is 1. The zero-order chi connectivity index (χ0) is 18.9. The molecule has 0 spiro atoms. The van der Waals surface area contributed by atoms with Crippen LogP contribution in [0.1, 0.15) is 37.3 Å². The largest absolute Gasteiger partial charge is 0.453 e. The van der Waals surface area contributed by atoms with Gasteiger partial charge in [0, 0.05) is 25.0 Å². The first-order chi connectivity index (χ1) is 12.4. The molecule has 1 aliphatic carbocycles. The molecule has 142 valence electrons. The molecule has 1 aliphatic heterocycles. The summed E-state index contributed by atoms with van der Waals surface area (Å²) < 4.78 is 18.5. The van der Waals surface area contributed by atoms with Gasteiger partial charge >= 0.3 is 6.09 Å². The fourth-order valence-electron chi connectivity index (χ4n) is 4.16. The number of nitrogens with one attached hydrogen (secondary N) is 1. The Hall–Kier alpha value is -2.11. The lowest BCUT2D eigenvalue weighted by atomic mass is 9.86. The number of carbonyl (C=O) groups excluding carboxylic acids is 2. The van der Waals surface area contributed by atoms with E-state index in [0.717, 1.165) is 18.4 Å². The van der Waals surface area contributed by atoms with Gasteiger partial charge in [-0.3, -0.25) is 4.79 Å². The van der Waals surface area contributed by atoms with Gasteiger partial charge in [-0.2, -0.15) is 0 Å². The minimum absolute atomic E-state index is 0.0390. The van der Waals surface area contributed by atoms with Crippen molar-refractivity contribution in [2.24, 2.45) is 11.8 Å². The van der Waals surface area contributed by atoms with Crippen molar-refractivity contribution in [2.45, 2.75) is 38.5 Å². The summed E-state index contributed by atoms with van der Waals surface area (Å²) in [6, 6.07) is 5.55. The highest BCUT2D eigenvalue weighted by Gasteiger charge is 2.58. The van der Waals surface area contributed by atoms with Crippen LogP contribution < -0.4 is 5.32 Å². The van der Waals surface area contributed by atoms with Crippen LogP contribution in [0.5, 0.6) is 0 Å². The number of hydrogen-bond donors (Lipinski definition) is 1. The summed E-state index contributed by atoms with van der Waals surface area (Å²) in [7, 11) is 1.31. The minimum Gasteiger partial charge on any atom is -0.453 e. The van der Waals surface area contributed by atoms with Crippen molar-refractivity contribution >= 4 is 12.0 Å². The summed E-state index contributed by atoms with van der Waals surface area (Å²) in [5.74, 6) is 0.0889. The number of aryl methyl sites for hydroxylation is 1. The number of fused-ring (bicyclic) bond motifs is 1. The molecule has 3 rings (SSSR count). The first kappa shape index (κ1) is 18.7. The number of alkyl carbamates (subject to hydrolysis) is 1. The van der Waals surface area contributed by atoms with E-state index in [1.807, 2.05) is 24.0 Å². The number of likely N-dealkylation sites (tertiary alicyclic amines) is 1. The maximum Gasteiger partial charge on any atom is 0.406 e. The van der Waals surface area contributed by atoms with Crippen LogP contribution in [0.25, 0.3) is 0 Å². The molecule has 6 heteroatoms. The lowest BCUT2D eigenvalue weighted by Crippen LogP contribution is -2.46. The smallest absolute Gasteiger partial charge is 0.406 e. The number of rotatable bonds is 5. The van der Waals surface area contributed by atoms with Gasteiger partial charge in [-0.25, -0.2) is 9.18 Å². The third-order valence-corrected chi connectivity index (χ3v) is 6.08. The summed E-state index contributed by atoms with van der Waals surface area (Å²) >= 11 is 0. The average Bonchev–Trinajstić information content (AvgIpc) is 3.38. The summed E-state index contributed by atoms with van der Waals surface area (Å²) in [4.78, 5) is 26.0. The zero-order valence-electron chi connectivity index (χ0n) is 15.7. The molecule has 1 heterocycles.